The van der Waals surface area contributed by atoms with Gasteiger partial charge in [-0.3, -0.25) is 0 Å². The summed E-state index contributed by atoms with van der Waals surface area (Å²) in [5, 5.41) is 3.94. The lowest BCUT2D eigenvalue weighted by Gasteiger charge is -2.20. The van der Waals surface area contributed by atoms with Crippen molar-refractivity contribution >= 4 is 5.95 Å². The highest BCUT2D eigenvalue weighted by atomic mass is 16.5. The van der Waals surface area contributed by atoms with Gasteiger partial charge in [0.1, 0.15) is 0 Å². The van der Waals surface area contributed by atoms with Gasteiger partial charge >= 0.3 is 0 Å². The van der Waals surface area contributed by atoms with Gasteiger partial charge in [-0.2, -0.15) is 4.98 Å². The van der Waals surface area contributed by atoms with Gasteiger partial charge in [-0.1, -0.05) is 12.8 Å². The maximum atomic E-state index is 6.27. The maximum absolute atomic E-state index is 6.27. The number of hydrogen-bond donors (Lipinski definition) is 1. The van der Waals surface area contributed by atoms with E-state index in [2.05, 4.69) is 17.1 Å². The van der Waals surface area contributed by atoms with Gasteiger partial charge in [0.2, 0.25) is 5.89 Å². The van der Waals surface area contributed by atoms with E-state index in [4.69, 9.17) is 10.3 Å². The first-order valence-corrected chi connectivity index (χ1v) is 5.95. The summed E-state index contributed by atoms with van der Waals surface area (Å²) in [7, 11) is 1.95. The van der Waals surface area contributed by atoms with Crippen molar-refractivity contribution in [1.29, 1.82) is 0 Å². The third-order valence-corrected chi connectivity index (χ3v) is 3.38. The Morgan fingerprint density at radius 3 is 2.75 bits per heavy atom. The summed E-state index contributed by atoms with van der Waals surface area (Å²) in [6.07, 6.45) is 5.26. The summed E-state index contributed by atoms with van der Waals surface area (Å²) in [6.45, 7) is 2.92. The first kappa shape index (κ1) is 11.4. The standard InChI is InChI=1S/C11H20N4O/c1-3-15(2)10-13-9(16-14-10)8-11(12)6-4-5-7-11/h3-8,12H2,1-2H3. The molecule has 1 aromatic heterocycles. The Morgan fingerprint density at radius 2 is 2.12 bits per heavy atom. The fourth-order valence-electron chi connectivity index (χ4n) is 2.17. The Bertz CT molecular complexity index is 344. The second kappa shape index (κ2) is 4.41. The molecule has 90 valence electrons. The predicted octanol–water partition coefficient (Wildman–Crippen LogP) is 1.34. The van der Waals surface area contributed by atoms with Crippen LogP contribution in [0.1, 0.15) is 38.5 Å². The molecule has 0 aromatic carbocycles. The van der Waals surface area contributed by atoms with Gasteiger partial charge in [-0.25, -0.2) is 0 Å². The van der Waals surface area contributed by atoms with Gasteiger partial charge in [0.15, 0.2) is 0 Å². The highest BCUT2D eigenvalue weighted by molar-refractivity contribution is 5.25. The monoisotopic (exact) mass is 224 g/mol. The molecular weight excluding hydrogens is 204 g/mol. The van der Waals surface area contributed by atoms with E-state index in [1.165, 1.54) is 12.8 Å². The maximum Gasteiger partial charge on any atom is 0.265 e. The second-order valence-corrected chi connectivity index (χ2v) is 4.75. The minimum Gasteiger partial charge on any atom is -0.342 e. The Hall–Kier alpha value is -1.10. The van der Waals surface area contributed by atoms with Crippen molar-refractivity contribution < 1.29 is 4.52 Å². The zero-order valence-electron chi connectivity index (χ0n) is 10.1. The molecular formula is C11H20N4O. The average Bonchev–Trinajstić information content (AvgIpc) is 2.87. The van der Waals surface area contributed by atoms with E-state index in [0.29, 0.717) is 18.3 Å². The molecule has 0 radical (unpaired) electrons. The lowest BCUT2D eigenvalue weighted by molar-refractivity contribution is 0.329. The zero-order valence-corrected chi connectivity index (χ0v) is 10.1. The minimum atomic E-state index is -0.116. The van der Waals surface area contributed by atoms with Crippen molar-refractivity contribution in [2.24, 2.45) is 5.73 Å². The Balaban J connectivity index is 2.02. The van der Waals surface area contributed by atoms with Gasteiger partial charge in [0.25, 0.3) is 5.95 Å². The van der Waals surface area contributed by atoms with E-state index in [-0.39, 0.29) is 5.54 Å². The van der Waals surface area contributed by atoms with Crippen LogP contribution in [0.2, 0.25) is 0 Å². The van der Waals surface area contributed by atoms with Crippen LogP contribution in [-0.2, 0) is 6.42 Å². The Kier molecular flexibility index (Phi) is 3.14. The number of nitrogens with zero attached hydrogens (tertiary/aromatic N) is 3. The summed E-state index contributed by atoms with van der Waals surface area (Å²) < 4.78 is 5.23. The SMILES string of the molecule is CCN(C)c1noc(CC2(N)CCCC2)n1. The molecule has 1 fully saturated rings. The van der Waals surface area contributed by atoms with Crippen LogP contribution in [0.5, 0.6) is 0 Å². The molecule has 1 aliphatic rings. The van der Waals surface area contributed by atoms with Crippen LogP contribution in [0.15, 0.2) is 4.52 Å². The summed E-state index contributed by atoms with van der Waals surface area (Å²) in [5.74, 6) is 1.32. The molecule has 0 saturated heterocycles. The van der Waals surface area contributed by atoms with Crippen molar-refractivity contribution in [1.82, 2.24) is 10.1 Å². The number of aromatic nitrogens is 2. The molecule has 0 aliphatic heterocycles. The van der Waals surface area contributed by atoms with Gasteiger partial charge in [0.05, 0.1) is 0 Å². The van der Waals surface area contributed by atoms with Crippen LogP contribution < -0.4 is 10.6 Å². The highest BCUT2D eigenvalue weighted by Crippen LogP contribution is 2.30. The minimum absolute atomic E-state index is 0.116. The van der Waals surface area contributed by atoms with Crippen LogP contribution in [0.4, 0.5) is 5.95 Å². The van der Waals surface area contributed by atoms with Crippen molar-refractivity contribution in [2.75, 3.05) is 18.5 Å². The van der Waals surface area contributed by atoms with Gasteiger partial charge < -0.3 is 15.2 Å². The molecule has 1 aromatic rings. The third-order valence-electron chi connectivity index (χ3n) is 3.38. The van der Waals surface area contributed by atoms with Crippen molar-refractivity contribution in [3.05, 3.63) is 5.89 Å². The van der Waals surface area contributed by atoms with Crippen LogP contribution >= 0.6 is 0 Å². The fraction of sp³-hybridized carbons (Fsp3) is 0.818. The second-order valence-electron chi connectivity index (χ2n) is 4.75. The van der Waals surface area contributed by atoms with Crippen LogP contribution in [-0.4, -0.2) is 29.3 Å². The molecule has 0 amide bonds. The Labute approximate surface area is 96.0 Å². The Morgan fingerprint density at radius 1 is 1.44 bits per heavy atom. The van der Waals surface area contributed by atoms with E-state index in [1.54, 1.807) is 0 Å². The predicted molar refractivity (Wildman–Crippen MR) is 62.3 cm³/mol. The van der Waals surface area contributed by atoms with E-state index < -0.39 is 0 Å². The van der Waals surface area contributed by atoms with E-state index >= 15 is 0 Å². The molecule has 1 aliphatic carbocycles. The van der Waals surface area contributed by atoms with Crippen molar-refractivity contribution in [2.45, 2.75) is 44.6 Å². The summed E-state index contributed by atoms with van der Waals surface area (Å²) in [4.78, 5) is 6.31. The number of rotatable bonds is 4. The molecule has 1 heterocycles. The molecule has 5 nitrogen and oxygen atoms in total. The largest absolute Gasteiger partial charge is 0.342 e. The molecule has 0 bridgehead atoms. The van der Waals surface area contributed by atoms with E-state index in [9.17, 15) is 0 Å². The smallest absolute Gasteiger partial charge is 0.265 e. The van der Waals surface area contributed by atoms with Crippen LogP contribution in [0, 0.1) is 0 Å². The molecule has 1 saturated carbocycles. The lowest BCUT2D eigenvalue weighted by atomic mass is 9.95. The molecule has 0 atom stereocenters. The van der Waals surface area contributed by atoms with Crippen molar-refractivity contribution in [3.63, 3.8) is 0 Å². The summed E-state index contributed by atoms with van der Waals surface area (Å²) >= 11 is 0. The number of hydrogen-bond acceptors (Lipinski definition) is 5. The van der Waals surface area contributed by atoms with Crippen LogP contribution in [0.3, 0.4) is 0 Å². The first-order valence-electron chi connectivity index (χ1n) is 5.95. The molecule has 2 N–H and O–H groups in total. The average molecular weight is 224 g/mol. The molecule has 0 unspecified atom stereocenters. The van der Waals surface area contributed by atoms with Crippen molar-refractivity contribution in [3.8, 4) is 0 Å². The zero-order chi connectivity index (χ0) is 11.6. The summed E-state index contributed by atoms with van der Waals surface area (Å²) in [5.41, 5.74) is 6.15. The topological polar surface area (TPSA) is 68.2 Å². The highest BCUT2D eigenvalue weighted by Gasteiger charge is 2.31. The lowest BCUT2D eigenvalue weighted by Crippen LogP contribution is -2.38. The normalized spacial score (nSPS) is 18.9. The number of anilines is 1. The fourth-order valence-corrected chi connectivity index (χ4v) is 2.17. The molecule has 5 heteroatoms. The quantitative estimate of drug-likeness (QED) is 0.835. The third kappa shape index (κ3) is 2.35. The number of nitrogens with two attached hydrogens (primary N) is 1. The van der Waals surface area contributed by atoms with Crippen LogP contribution in [0.25, 0.3) is 0 Å². The first-order chi connectivity index (χ1) is 7.63. The molecule has 2 rings (SSSR count). The van der Waals surface area contributed by atoms with E-state index in [0.717, 1.165) is 19.4 Å². The summed E-state index contributed by atoms with van der Waals surface area (Å²) in [6, 6.07) is 0. The van der Waals surface area contributed by atoms with Gasteiger partial charge in [-0.05, 0) is 24.9 Å². The molecule has 16 heavy (non-hydrogen) atoms. The van der Waals surface area contributed by atoms with E-state index in [1.807, 2.05) is 11.9 Å². The molecule has 0 spiro atoms. The van der Waals surface area contributed by atoms with Gasteiger partial charge in [0, 0.05) is 25.6 Å². The van der Waals surface area contributed by atoms with Gasteiger partial charge in [-0.15, -0.1) is 0 Å².